The van der Waals surface area contributed by atoms with Crippen molar-refractivity contribution in [1.29, 1.82) is 0 Å². The molecule has 0 heterocycles. The maximum atomic E-state index is 5.67. The van der Waals surface area contributed by atoms with Gasteiger partial charge in [0, 0.05) is 5.88 Å². The largest absolute Gasteiger partial charge is 0.127 e. The Bertz CT molecular complexity index is 72.8. The van der Waals surface area contributed by atoms with Gasteiger partial charge in [-0.25, -0.2) is 0 Å². The van der Waals surface area contributed by atoms with Gasteiger partial charge < -0.3 is 0 Å². The van der Waals surface area contributed by atoms with Crippen LogP contribution in [0.15, 0.2) is 0 Å². The van der Waals surface area contributed by atoms with Crippen LogP contribution in [0.2, 0.25) is 0 Å². The third-order valence-electron chi connectivity index (χ3n) is 2.26. The van der Waals surface area contributed by atoms with Gasteiger partial charge >= 0.3 is 0 Å². The summed E-state index contributed by atoms with van der Waals surface area (Å²) >= 11 is 5.67. The molecule has 1 radical (unpaired) electrons. The average molecular weight is 160 g/mol. The number of alkyl halides is 1. The van der Waals surface area contributed by atoms with Crippen LogP contribution in [0, 0.1) is 5.92 Å². The molecule has 0 saturated heterocycles. The van der Waals surface area contributed by atoms with Crippen LogP contribution < -0.4 is 0 Å². The van der Waals surface area contributed by atoms with Crippen LogP contribution in [0.3, 0.4) is 0 Å². The lowest BCUT2D eigenvalue weighted by atomic mass is 9.98. The Hall–Kier alpha value is 0.290. The molecule has 10 heavy (non-hydrogen) atoms. The minimum absolute atomic E-state index is 0.829. The van der Waals surface area contributed by atoms with E-state index >= 15 is 0 Å². The fourth-order valence-corrected chi connectivity index (χ4v) is 1.88. The molecule has 1 aliphatic rings. The molecule has 1 rings (SSSR count). The first-order valence-corrected chi connectivity index (χ1v) is 4.86. The standard InChI is InChI=1S/C9H16Cl/c10-8-7-9-5-3-1-2-4-6-9/h1-8H2. The van der Waals surface area contributed by atoms with Gasteiger partial charge in [0.1, 0.15) is 0 Å². The summed E-state index contributed by atoms with van der Waals surface area (Å²) in [6.07, 6.45) is 9.57. The molecule has 0 spiro atoms. The van der Waals surface area contributed by atoms with Crippen molar-refractivity contribution in [3.05, 3.63) is 5.92 Å². The number of hydrogen-bond donors (Lipinski definition) is 0. The topological polar surface area (TPSA) is 0 Å². The smallest absolute Gasteiger partial charge is 0.0228 e. The maximum Gasteiger partial charge on any atom is 0.0228 e. The predicted molar refractivity (Wildman–Crippen MR) is 46.3 cm³/mol. The van der Waals surface area contributed by atoms with Gasteiger partial charge in [-0.05, 0) is 25.2 Å². The molecule has 0 unspecified atom stereocenters. The van der Waals surface area contributed by atoms with Gasteiger partial charge in [0.05, 0.1) is 0 Å². The molecule has 0 aromatic heterocycles. The van der Waals surface area contributed by atoms with Crippen molar-refractivity contribution in [3.63, 3.8) is 0 Å². The number of rotatable bonds is 2. The molecule has 1 fully saturated rings. The second-order valence-electron chi connectivity index (χ2n) is 3.10. The predicted octanol–water partition coefficient (Wildman–Crippen LogP) is 3.54. The molecular weight excluding hydrogens is 144 g/mol. The van der Waals surface area contributed by atoms with Crippen molar-refractivity contribution in [3.8, 4) is 0 Å². The summed E-state index contributed by atoms with van der Waals surface area (Å²) in [5.74, 6) is 2.54. The first-order chi connectivity index (χ1) is 4.93. The van der Waals surface area contributed by atoms with Crippen molar-refractivity contribution in [2.24, 2.45) is 0 Å². The first kappa shape index (κ1) is 8.39. The van der Waals surface area contributed by atoms with Gasteiger partial charge in [0.15, 0.2) is 0 Å². The monoisotopic (exact) mass is 159 g/mol. The van der Waals surface area contributed by atoms with Crippen LogP contribution in [0.25, 0.3) is 0 Å². The van der Waals surface area contributed by atoms with Gasteiger partial charge in [-0.2, -0.15) is 0 Å². The minimum Gasteiger partial charge on any atom is -0.127 e. The van der Waals surface area contributed by atoms with Crippen LogP contribution in [0.4, 0.5) is 0 Å². The van der Waals surface area contributed by atoms with Crippen LogP contribution in [-0.2, 0) is 0 Å². The summed E-state index contributed by atoms with van der Waals surface area (Å²) in [6.45, 7) is 0. The van der Waals surface area contributed by atoms with E-state index < -0.39 is 0 Å². The zero-order chi connectivity index (χ0) is 7.23. The van der Waals surface area contributed by atoms with Crippen LogP contribution in [-0.4, -0.2) is 5.88 Å². The van der Waals surface area contributed by atoms with E-state index in [4.69, 9.17) is 11.6 Å². The summed E-state index contributed by atoms with van der Waals surface area (Å²) < 4.78 is 0. The normalized spacial score (nSPS) is 22.5. The molecule has 1 saturated carbocycles. The van der Waals surface area contributed by atoms with Crippen molar-refractivity contribution in [2.45, 2.75) is 44.9 Å². The Morgan fingerprint density at radius 3 is 2.10 bits per heavy atom. The Morgan fingerprint density at radius 1 is 1.00 bits per heavy atom. The summed E-state index contributed by atoms with van der Waals surface area (Å²) in [6, 6.07) is 0. The Labute approximate surface area is 69.0 Å². The first-order valence-electron chi connectivity index (χ1n) is 4.33. The SMILES string of the molecule is ClCC[C]1CCCCCC1. The molecular formula is C9H16Cl. The summed E-state index contributed by atoms with van der Waals surface area (Å²) in [5.41, 5.74) is 0. The molecule has 1 aliphatic carbocycles. The quantitative estimate of drug-likeness (QED) is 0.427. The van der Waals surface area contributed by atoms with Crippen molar-refractivity contribution < 1.29 is 0 Å². The highest BCUT2D eigenvalue weighted by Gasteiger charge is 2.10. The van der Waals surface area contributed by atoms with Crippen LogP contribution >= 0.6 is 11.6 Å². The number of hydrogen-bond acceptors (Lipinski definition) is 0. The highest BCUT2D eigenvalue weighted by Crippen LogP contribution is 2.27. The molecule has 0 N–H and O–H groups in total. The molecule has 0 atom stereocenters. The highest BCUT2D eigenvalue weighted by molar-refractivity contribution is 6.17. The zero-order valence-electron chi connectivity index (χ0n) is 6.53. The van der Waals surface area contributed by atoms with Gasteiger partial charge in [0.25, 0.3) is 0 Å². The zero-order valence-corrected chi connectivity index (χ0v) is 7.29. The van der Waals surface area contributed by atoms with Crippen LogP contribution in [0.5, 0.6) is 0 Å². The lowest BCUT2D eigenvalue weighted by molar-refractivity contribution is 0.690. The second-order valence-corrected chi connectivity index (χ2v) is 3.48. The summed E-state index contributed by atoms with van der Waals surface area (Å²) in [7, 11) is 0. The van der Waals surface area contributed by atoms with Gasteiger partial charge in [-0.3, -0.25) is 0 Å². The lowest BCUT2D eigenvalue weighted by Gasteiger charge is -2.09. The fraction of sp³-hybridized carbons (Fsp3) is 0.889. The molecule has 0 bridgehead atoms. The van der Waals surface area contributed by atoms with E-state index in [-0.39, 0.29) is 0 Å². The summed E-state index contributed by atoms with van der Waals surface area (Å²) in [4.78, 5) is 0. The molecule has 0 amide bonds. The lowest BCUT2D eigenvalue weighted by Crippen LogP contribution is -1.95. The van der Waals surface area contributed by atoms with E-state index in [9.17, 15) is 0 Å². The van der Waals surface area contributed by atoms with Gasteiger partial charge in [-0.15, -0.1) is 11.6 Å². The van der Waals surface area contributed by atoms with E-state index in [1.54, 1.807) is 5.92 Å². The Kier molecular flexibility index (Phi) is 4.20. The van der Waals surface area contributed by atoms with Gasteiger partial charge in [0.2, 0.25) is 0 Å². The Balaban J connectivity index is 2.15. The second kappa shape index (κ2) is 5.01. The third-order valence-corrected chi connectivity index (χ3v) is 2.45. The summed E-state index contributed by atoms with van der Waals surface area (Å²) in [5, 5.41) is 0. The fourth-order valence-electron chi connectivity index (χ4n) is 1.61. The molecule has 0 aliphatic heterocycles. The van der Waals surface area contributed by atoms with E-state index in [0.29, 0.717) is 0 Å². The molecule has 0 aromatic rings. The molecule has 0 nitrogen and oxygen atoms in total. The molecule has 0 aromatic carbocycles. The third kappa shape index (κ3) is 2.92. The van der Waals surface area contributed by atoms with Crippen molar-refractivity contribution >= 4 is 11.6 Å². The maximum absolute atomic E-state index is 5.67. The van der Waals surface area contributed by atoms with Crippen molar-refractivity contribution in [1.82, 2.24) is 0 Å². The van der Waals surface area contributed by atoms with Gasteiger partial charge in [-0.1, -0.05) is 25.7 Å². The number of halogens is 1. The minimum atomic E-state index is 0.829. The molecule has 59 valence electrons. The van der Waals surface area contributed by atoms with E-state index in [1.165, 1.54) is 44.9 Å². The van der Waals surface area contributed by atoms with E-state index in [0.717, 1.165) is 5.88 Å². The van der Waals surface area contributed by atoms with E-state index in [1.807, 2.05) is 0 Å². The van der Waals surface area contributed by atoms with Crippen LogP contribution in [0.1, 0.15) is 44.9 Å². The Morgan fingerprint density at radius 2 is 1.60 bits per heavy atom. The highest BCUT2D eigenvalue weighted by atomic mass is 35.5. The van der Waals surface area contributed by atoms with Crippen molar-refractivity contribution in [2.75, 3.05) is 5.88 Å². The van der Waals surface area contributed by atoms with E-state index in [2.05, 4.69) is 0 Å². The molecule has 1 heteroatoms. The average Bonchev–Trinajstić information content (AvgIpc) is 2.17.